The lowest BCUT2D eigenvalue weighted by atomic mass is 9.78. The largest absolute Gasteiger partial charge is 0.325 e. The Kier molecular flexibility index (Phi) is 6.49. The summed E-state index contributed by atoms with van der Waals surface area (Å²) in [5.74, 6) is -0.584. The summed E-state index contributed by atoms with van der Waals surface area (Å²) in [5, 5.41) is 2.95. The van der Waals surface area contributed by atoms with Crippen LogP contribution in [0.25, 0.3) is 0 Å². The highest BCUT2D eigenvalue weighted by molar-refractivity contribution is 7.88. The maximum atomic E-state index is 13.3. The van der Waals surface area contributed by atoms with Crippen molar-refractivity contribution in [3.63, 3.8) is 0 Å². The molecule has 154 valence electrons. The molecule has 0 spiro atoms. The smallest absolute Gasteiger partial charge is 0.235 e. The van der Waals surface area contributed by atoms with Gasteiger partial charge in [-0.3, -0.25) is 4.79 Å². The summed E-state index contributed by atoms with van der Waals surface area (Å²) in [7, 11) is -3.43. The zero-order valence-corrected chi connectivity index (χ0v) is 17.0. The first-order chi connectivity index (χ1) is 13.8. The molecule has 2 N–H and O–H groups in total. The predicted molar refractivity (Wildman–Crippen MR) is 112 cm³/mol. The Balaban J connectivity index is 1.72. The molecule has 0 heterocycles. The van der Waals surface area contributed by atoms with Gasteiger partial charge in [0, 0.05) is 12.2 Å². The second kappa shape index (κ2) is 8.88. The predicted octanol–water partition coefficient (Wildman–Crippen LogP) is 3.88. The summed E-state index contributed by atoms with van der Waals surface area (Å²) in [4.78, 5) is 13.1. The van der Waals surface area contributed by atoms with Crippen LogP contribution in [0.1, 0.15) is 36.8 Å². The first-order valence-corrected chi connectivity index (χ1v) is 11.2. The van der Waals surface area contributed by atoms with Crippen LogP contribution in [0, 0.1) is 5.82 Å². The standard InChI is InChI=1S/C22H25FN2O3S/c1-2-15-24-29(27,28)16-17-5-11-20(12-6-17)25-21(26)22(13-3-4-14-22)18-7-9-19(23)10-8-18/h2,5-12,24H,1,3-4,13-16H2,(H,25,26). The van der Waals surface area contributed by atoms with Crippen molar-refractivity contribution in [2.24, 2.45) is 0 Å². The van der Waals surface area contributed by atoms with Crippen LogP contribution >= 0.6 is 0 Å². The number of hydrogen-bond acceptors (Lipinski definition) is 3. The van der Waals surface area contributed by atoms with Gasteiger partial charge in [0.05, 0.1) is 11.2 Å². The number of hydrogen-bond donors (Lipinski definition) is 2. The molecule has 0 aromatic heterocycles. The fourth-order valence-electron chi connectivity index (χ4n) is 3.79. The third-order valence-electron chi connectivity index (χ3n) is 5.30. The molecule has 0 unspecified atom stereocenters. The number of sulfonamides is 1. The van der Waals surface area contributed by atoms with Gasteiger partial charge < -0.3 is 5.32 Å². The van der Waals surface area contributed by atoms with Crippen molar-refractivity contribution in [1.82, 2.24) is 4.72 Å². The highest BCUT2D eigenvalue weighted by Gasteiger charge is 2.42. The molecule has 29 heavy (non-hydrogen) atoms. The number of rotatable bonds is 8. The summed E-state index contributed by atoms with van der Waals surface area (Å²) in [6, 6.07) is 12.9. The highest BCUT2D eigenvalue weighted by atomic mass is 32.2. The lowest BCUT2D eigenvalue weighted by Crippen LogP contribution is -2.38. The Morgan fingerprint density at radius 3 is 2.28 bits per heavy atom. The van der Waals surface area contributed by atoms with Crippen molar-refractivity contribution in [2.45, 2.75) is 36.9 Å². The van der Waals surface area contributed by atoms with E-state index in [0.29, 0.717) is 11.3 Å². The van der Waals surface area contributed by atoms with E-state index in [1.165, 1.54) is 18.2 Å². The Hall–Kier alpha value is -2.51. The second-order valence-electron chi connectivity index (χ2n) is 7.34. The maximum Gasteiger partial charge on any atom is 0.235 e. The monoisotopic (exact) mass is 416 g/mol. The van der Waals surface area contributed by atoms with Crippen LogP contribution in [0.2, 0.25) is 0 Å². The van der Waals surface area contributed by atoms with E-state index < -0.39 is 15.4 Å². The molecule has 0 bridgehead atoms. The number of carbonyl (C=O) groups excluding carboxylic acids is 1. The minimum Gasteiger partial charge on any atom is -0.325 e. The SMILES string of the molecule is C=CCNS(=O)(=O)Cc1ccc(NC(=O)C2(c3ccc(F)cc3)CCCC2)cc1. The van der Waals surface area contributed by atoms with Crippen LogP contribution in [0.3, 0.4) is 0 Å². The molecule has 1 aliphatic rings. The first-order valence-electron chi connectivity index (χ1n) is 9.59. The van der Waals surface area contributed by atoms with Gasteiger partial charge >= 0.3 is 0 Å². The second-order valence-corrected chi connectivity index (χ2v) is 9.15. The van der Waals surface area contributed by atoms with Crippen LogP contribution in [0.5, 0.6) is 0 Å². The van der Waals surface area contributed by atoms with E-state index in [4.69, 9.17) is 0 Å². The third kappa shape index (κ3) is 5.10. The molecule has 5 nitrogen and oxygen atoms in total. The lowest BCUT2D eigenvalue weighted by molar-refractivity contribution is -0.121. The Morgan fingerprint density at radius 1 is 1.07 bits per heavy atom. The number of amides is 1. The van der Waals surface area contributed by atoms with Crippen LogP contribution in [-0.2, 0) is 26.0 Å². The van der Waals surface area contributed by atoms with Crippen LogP contribution < -0.4 is 10.0 Å². The fourth-order valence-corrected chi connectivity index (χ4v) is 4.89. The highest BCUT2D eigenvalue weighted by Crippen LogP contribution is 2.42. The molecule has 0 atom stereocenters. The lowest BCUT2D eigenvalue weighted by Gasteiger charge is -2.28. The van der Waals surface area contributed by atoms with Crippen LogP contribution in [0.15, 0.2) is 61.2 Å². The summed E-state index contributed by atoms with van der Waals surface area (Å²) in [6.45, 7) is 3.67. The van der Waals surface area contributed by atoms with Gasteiger partial charge in [-0.15, -0.1) is 6.58 Å². The van der Waals surface area contributed by atoms with E-state index >= 15 is 0 Å². The number of nitrogens with one attached hydrogen (secondary N) is 2. The average molecular weight is 417 g/mol. The quantitative estimate of drug-likeness (QED) is 0.641. The molecule has 0 aliphatic heterocycles. The summed E-state index contributed by atoms with van der Waals surface area (Å²) >= 11 is 0. The molecule has 1 fully saturated rings. The summed E-state index contributed by atoms with van der Waals surface area (Å²) in [6.07, 6.45) is 4.81. The molecule has 0 radical (unpaired) electrons. The van der Waals surface area contributed by atoms with Gasteiger partial charge in [-0.1, -0.05) is 43.2 Å². The van der Waals surface area contributed by atoms with Gasteiger partial charge in [0.1, 0.15) is 5.82 Å². The summed E-state index contributed by atoms with van der Waals surface area (Å²) in [5.41, 5.74) is 1.38. The van der Waals surface area contributed by atoms with E-state index in [2.05, 4.69) is 16.6 Å². The molecule has 3 rings (SSSR count). The molecule has 7 heteroatoms. The van der Waals surface area contributed by atoms with Gasteiger partial charge in [-0.25, -0.2) is 17.5 Å². The Morgan fingerprint density at radius 2 is 1.69 bits per heavy atom. The van der Waals surface area contributed by atoms with Crippen molar-refractivity contribution < 1.29 is 17.6 Å². The molecule has 1 aliphatic carbocycles. The minimum atomic E-state index is -3.43. The van der Waals surface area contributed by atoms with E-state index in [9.17, 15) is 17.6 Å². The zero-order chi connectivity index (χ0) is 20.9. The molecule has 1 saturated carbocycles. The minimum absolute atomic E-state index is 0.116. The van der Waals surface area contributed by atoms with Crippen LogP contribution in [-0.4, -0.2) is 20.9 Å². The van der Waals surface area contributed by atoms with Crippen molar-refractivity contribution in [2.75, 3.05) is 11.9 Å². The van der Waals surface area contributed by atoms with Crippen LogP contribution in [0.4, 0.5) is 10.1 Å². The third-order valence-corrected chi connectivity index (χ3v) is 6.62. The van der Waals surface area contributed by atoms with Gasteiger partial charge in [-0.2, -0.15) is 0 Å². The Bertz CT molecular complexity index is 964. The van der Waals surface area contributed by atoms with E-state index in [1.807, 2.05) is 0 Å². The van der Waals surface area contributed by atoms with Crippen molar-refractivity contribution in [3.8, 4) is 0 Å². The van der Waals surface area contributed by atoms with E-state index in [0.717, 1.165) is 31.2 Å². The zero-order valence-electron chi connectivity index (χ0n) is 16.2. The van der Waals surface area contributed by atoms with Gasteiger partial charge in [-0.05, 0) is 48.2 Å². The number of halogens is 1. The first kappa shape index (κ1) is 21.2. The fraction of sp³-hybridized carbons (Fsp3) is 0.318. The number of anilines is 1. The molecule has 0 saturated heterocycles. The summed E-state index contributed by atoms with van der Waals surface area (Å²) < 4.78 is 39.7. The van der Waals surface area contributed by atoms with E-state index in [-0.39, 0.29) is 24.0 Å². The average Bonchev–Trinajstić information content (AvgIpc) is 3.19. The van der Waals surface area contributed by atoms with Crippen molar-refractivity contribution in [1.29, 1.82) is 0 Å². The van der Waals surface area contributed by atoms with Gasteiger partial charge in [0.25, 0.3) is 0 Å². The van der Waals surface area contributed by atoms with Gasteiger partial charge in [0.2, 0.25) is 15.9 Å². The molecule has 1 amide bonds. The van der Waals surface area contributed by atoms with Crippen molar-refractivity contribution >= 4 is 21.6 Å². The number of benzene rings is 2. The van der Waals surface area contributed by atoms with Crippen molar-refractivity contribution in [3.05, 3.63) is 78.1 Å². The molecule has 2 aromatic carbocycles. The maximum absolute atomic E-state index is 13.3. The van der Waals surface area contributed by atoms with E-state index in [1.54, 1.807) is 36.4 Å². The molecular weight excluding hydrogens is 391 g/mol. The Labute approximate surface area is 171 Å². The van der Waals surface area contributed by atoms with Gasteiger partial charge in [0.15, 0.2) is 0 Å². The topological polar surface area (TPSA) is 75.3 Å². The molecule has 2 aromatic rings. The normalized spacial score (nSPS) is 15.8. The number of carbonyl (C=O) groups is 1. The molecular formula is C22H25FN2O3S.